The molecule has 2 aromatic rings. The van der Waals surface area contributed by atoms with Crippen molar-refractivity contribution in [3.05, 3.63) is 66.2 Å². The Bertz CT molecular complexity index is 639. The topological polar surface area (TPSA) is 0 Å². The molecule has 1 aliphatic rings. The Balaban J connectivity index is 0.00000243. The van der Waals surface area contributed by atoms with Crippen molar-refractivity contribution in [3.8, 4) is 11.1 Å². The molecule has 1 saturated carbocycles. The molecule has 0 nitrogen and oxygen atoms in total. The summed E-state index contributed by atoms with van der Waals surface area (Å²) in [5, 5.41) is 0. The molecule has 0 aromatic heterocycles. The average molecular weight is 349 g/mol. The maximum atomic E-state index is 3.82. The van der Waals surface area contributed by atoms with Crippen LogP contribution < -0.4 is 0 Å². The summed E-state index contributed by atoms with van der Waals surface area (Å²) < 4.78 is 0. The van der Waals surface area contributed by atoms with E-state index in [9.17, 15) is 0 Å². The zero-order chi connectivity index (χ0) is 17.5. The van der Waals surface area contributed by atoms with Gasteiger partial charge in [-0.1, -0.05) is 101 Å². The molecule has 0 N–H and O–H groups in total. The molecule has 0 heterocycles. The summed E-state index contributed by atoms with van der Waals surface area (Å²) in [6, 6.07) is 18.0. The van der Waals surface area contributed by atoms with E-state index < -0.39 is 0 Å². The van der Waals surface area contributed by atoms with Crippen molar-refractivity contribution in [3.63, 3.8) is 0 Å². The minimum Gasteiger partial charge on any atom is -0.0985 e. The largest absolute Gasteiger partial charge is 0.0985 e. The first-order valence-corrected chi connectivity index (χ1v) is 10.1. The van der Waals surface area contributed by atoms with Gasteiger partial charge >= 0.3 is 0 Å². The number of hydrogen-bond donors (Lipinski definition) is 0. The fourth-order valence-electron chi connectivity index (χ4n) is 4.23. The number of rotatable bonds is 7. The van der Waals surface area contributed by atoms with Crippen LogP contribution in [0.2, 0.25) is 0 Å². The van der Waals surface area contributed by atoms with E-state index in [4.69, 9.17) is 0 Å². The first-order chi connectivity index (χ1) is 12.3. The lowest BCUT2D eigenvalue weighted by molar-refractivity contribution is 0.303. The molecule has 0 heteroatoms. The molecule has 0 aliphatic heterocycles. The van der Waals surface area contributed by atoms with Crippen LogP contribution in [-0.4, -0.2) is 0 Å². The molecular weight excluding hydrogens is 312 g/mol. The molecular formula is C26H36. The lowest BCUT2D eigenvalue weighted by Crippen LogP contribution is -2.13. The zero-order valence-electron chi connectivity index (χ0n) is 15.7. The van der Waals surface area contributed by atoms with Crippen LogP contribution >= 0.6 is 0 Å². The highest BCUT2D eigenvalue weighted by molar-refractivity contribution is 5.65. The monoisotopic (exact) mass is 348 g/mol. The zero-order valence-corrected chi connectivity index (χ0v) is 15.7. The number of unbranched alkanes of at least 4 members (excludes halogenated alkanes) is 2. The van der Waals surface area contributed by atoms with Gasteiger partial charge < -0.3 is 0 Å². The summed E-state index contributed by atoms with van der Waals surface area (Å²) >= 11 is 0. The van der Waals surface area contributed by atoms with Crippen molar-refractivity contribution in [2.24, 2.45) is 5.92 Å². The van der Waals surface area contributed by atoms with Crippen LogP contribution in [0.15, 0.2) is 55.1 Å². The Morgan fingerprint density at radius 2 is 1.42 bits per heavy atom. The predicted molar refractivity (Wildman–Crippen MR) is 118 cm³/mol. The van der Waals surface area contributed by atoms with E-state index in [-0.39, 0.29) is 7.43 Å². The van der Waals surface area contributed by atoms with Gasteiger partial charge in [0.15, 0.2) is 0 Å². The first-order valence-electron chi connectivity index (χ1n) is 10.1. The smallest absolute Gasteiger partial charge is 0.0162 e. The molecule has 1 fully saturated rings. The van der Waals surface area contributed by atoms with E-state index in [1.807, 2.05) is 6.08 Å². The Morgan fingerprint density at radius 3 is 1.96 bits per heavy atom. The first kappa shape index (κ1) is 20.5. The summed E-state index contributed by atoms with van der Waals surface area (Å²) in [5.74, 6) is 1.77. The van der Waals surface area contributed by atoms with Crippen LogP contribution in [-0.2, 0) is 0 Å². The highest BCUT2D eigenvalue weighted by atomic mass is 14.3. The lowest BCUT2D eigenvalue weighted by atomic mass is 9.77. The predicted octanol–water partition coefficient (Wildman–Crippen LogP) is 8.49. The van der Waals surface area contributed by atoms with Crippen molar-refractivity contribution >= 4 is 6.08 Å². The minimum atomic E-state index is 0. The van der Waals surface area contributed by atoms with Gasteiger partial charge in [0.2, 0.25) is 0 Å². The summed E-state index contributed by atoms with van der Waals surface area (Å²) in [6.07, 6.45) is 13.2. The third kappa shape index (κ3) is 5.34. The molecule has 0 atom stereocenters. The second-order valence-corrected chi connectivity index (χ2v) is 7.66. The molecule has 2 aromatic carbocycles. The van der Waals surface area contributed by atoms with Gasteiger partial charge in [-0.2, -0.15) is 0 Å². The van der Waals surface area contributed by atoms with Gasteiger partial charge in [0, 0.05) is 0 Å². The maximum Gasteiger partial charge on any atom is -0.0162 e. The van der Waals surface area contributed by atoms with Gasteiger partial charge in [-0.05, 0) is 59.8 Å². The van der Waals surface area contributed by atoms with Gasteiger partial charge in [-0.25, -0.2) is 0 Å². The van der Waals surface area contributed by atoms with E-state index in [0.29, 0.717) is 0 Å². The number of benzene rings is 2. The highest BCUT2D eigenvalue weighted by Crippen LogP contribution is 2.38. The molecule has 0 amide bonds. The standard InChI is InChI=1S/C25H32.CH4/c1-3-5-6-7-21-10-14-23(15-11-21)25-18-16-24(17-19-25)22-12-8-20(4-2)9-13-22;/h4,8-9,12-13,16-19,21,23H,2-3,5-7,10-11,14-15H2,1H3;1H4. The van der Waals surface area contributed by atoms with Gasteiger partial charge in [-0.3, -0.25) is 0 Å². The molecule has 140 valence electrons. The van der Waals surface area contributed by atoms with Crippen molar-refractivity contribution < 1.29 is 0 Å². The van der Waals surface area contributed by atoms with Crippen LogP contribution in [0.3, 0.4) is 0 Å². The van der Waals surface area contributed by atoms with Crippen molar-refractivity contribution in [1.82, 2.24) is 0 Å². The van der Waals surface area contributed by atoms with Gasteiger partial charge in [0.25, 0.3) is 0 Å². The van der Waals surface area contributed by atoms with Crippen LogP contribution in [0.4, 0.5) is 0 Å². The molecule has 0 radical (unpaired) electrons. The molecule has 0 unspecified atom stereocenters. The van der Waals surface area contributed by atoms with Crippen molar-refractivity contribution in [1.29, 1.82) is 0 Å². The van der Waals surface area contributed by atoms with Crippen molar-refractivity contribution in [2.75, 3.05) is 0 Å². The molecule has 0 saturated heterocycles. The maximum absolute atomic E-state index is 3.82. The second-order valence-electron chi connectivity index (χ2n) is 7.66. The Morgan fingerprint density at radius 1 is 0.846 bits per heavy atom. The van der Waals surface area contributed by atoms with E-state index in [2.05, 4.69) is 62.0 Å². The quantitative estimate of drug-likeness (QED) is 0.440. The molecule has 3 rings (SSSR count). The summed E-state index contributed by atoms with van der Waals surface area (Å²) in [5.41, 5.74) is 5.32. The Kier molecular flexibility index (Phi) is 8.16. The minimum absolute atomic E-state index is 0. The van der Waals surface area contributed by atoms with E-state index in [1.165, 1.54) is 68.1 Å². The third-order valence-electron chi connectivity index (χ3n) is 5.92. The Hall–Kier alpha value is -1.82. The Labute approximate surface area is 161 Å². The molecule has 0 bridgehead atoms. The van der Waals surface area contributed by atoms with Crippen LogP contribution in [0.25, 0.3) is 17.2 Å². The average Bonchev–Trinajstić information content (AvgIpc) is 2.69. The SMILES string of the molecule is C.C=Cc1ccc(-c2ccc(C3CCC(CCCCC)CC3)cc2)cc1. The second kappa shape index (κ2) is 10.4. The summed E-state index contributed by atoms with van der Waals surface area (Å²) in [4.78, 5) is 0. The van der Waals surface area contributed by atoms with E-state index in [1.54, 1.807) is 5.56 Å². The van der Waals surface area contributed by atoms with E-state index >= 15 is 0 Å². The summed E-state index contributed by atoms with van der Waals surface area (Å²) in [6.45, 7) is 6.12. The van der Waals surface area contributed by atoms with Crippen molar-refractivity contribution in [2.45, 2.75) is 71.6 Å². The molecule has 1 aliphatic carbocycles. The van der Waals surface area contributed by atoms with Gasteiger partial charge in [0.1, 0.15) is 0 Å². The third-order valence-corrected chi connectivity index (χ3v) is 5.92. The number of hydrogen-bond acceptors (Lipinski definition) is 0. The normalized spacial score (nSPS) is 19.6. The fourth-order valence-corrected chi connectivity index (χ4v) is 4.23. The van der Waals surface area contributed by atoms with Crippen LogP contribution in [0.1, 0.15) is 82.8 Å². The van der Waals surface area contributed by atoms with Gasteiger partial charge in [-0.15, -0.1) is 0 Å². The fraction of sp³-hybridized carbons (Fsp3) is 0.462. The van der Waals surface area contributed by atoms with Gasteiger partial charge in [0.05, 0.1) is 0 Å². The van der Waals surface area contributed by atoms with Crippen LogP contribution in [0, 0.1) is 5.92 Å². The molecule has 0 spiro atoms. The molecule has 26 heavy (non-hydrogen) atoms. The van der Waals surface area contributed by atoms with Crippen LogP contribution in [0.5, 0.6) is 0 Å². The lowest BCUT2D eigenvalue weighted by Gasteiger charge is -2.29. The highest BCUT2D eigenvalue weighted by Gasteiger charge is 2.21. The van der Waals surface area contributed by atoms with E-state index in [0.717, 1.165) is 11.8 Å². The summed E-state index contributed by atoms with van der Waals surface area (Å²) in [7, 11) is 0.